The molecular weight excluding hydrogens is 230 g/mol. The maximum atomic E-state index is 12.1. The van der Waals surface area contributed by atoms with Gasteiger partial charge in [0.25, 0.3) is 10.1 Å². The molecule has 92 valence electrons. The Labute approximate surface area is 95.1 Å². The summed E-state index contributed by atoms with van der Waals surface area (Å²) in [6, 6.07) is -0.578. The van der Waals surface area contributed by atoms with Crippen LogP contribution in [0.25, 0.3) is 0 Å². The molecule has 3 unspecified atom stereocenters. The van der Waals surface area contributed by atoms with E-state index in [1.54, 1.807) is 0 Å². The average molecular weight is 247 g/mol. The number of rotatable bonds is 2. The van der Waals surface area contributed by atoms with E-state index in [-0.39, 0.29) is 11.7 Å². The van der Waals surface area contributed by atoms with Crippen molar-refractivity contribution in [3.63, 3.8) is 0 Å². The van der Waals surface area contributed by atoms with Gasteiger partial charge in [0.15, 0.2) is 5.78 Å². The number of carbonyl (C=O) groups is 1. The fourth-order valence-corrected chi connectivity index (χ4v) is 4.93. The number of fused-ring (bicyclic) bond motifs is 2. The molecule has 6 heteroatoms. The third kappa shape index (κ3) is 1.30. The first-order valence-corrected chi connectivity index (χ1v) is 6.98. The summed E-state index contributed by atoms with van der Waals surface area (Å²) in [6.45, 7) is 3.75. The van der Waals surface area contributed by atoms with Gasteiger partial charge in [-0.15, -0.1) is 0 Å². The predicted molar refractivity (Wildman–Crippen MR) is 58.3 cm³/mol. The maximum Gasteiger partial charge on any atom is 0.265 e. The number of nitrogens with two attached hydrogens (primary N) is 1. The van der Waals surface area contributed by atoms with E-state index in [4.69, 9.17) is 10.3 Å². The quantitative estimate of drug-likeness (QED) is 0.680. The van der Waals surface area contributed by atoms with Crippen molar-refractivity contribution in [1.82, 2.24) is 0 Å². The van der Waals surface area contributed by atoms with Crippen molar-refractivity contribution in [3.8, 4) is 0 Å². The second-order valence-electron chi connectivity index (χ2n) is 5.57. The molecule has 0 spiro atoms. The Morgan fingerprint density at radius 3 is 2.44 bits per heavy atom. The van der Waals surface area contributed by atoms with Crippen molar-refractivity contribution in [3.05, 3.63) is 0 Å². The van der Waals surface area contributed by atoms with Gasteiger partial charge < -0.3 is 5.73 Å². The Balaban J connectivity index is 2.50. The van der Waals surface area contributed by atoms with E-state index in [2.05, 4.69) is 0 Å². The van der Waals surface area contributed by atoms with E-state index in [9.17, 15) is 13.2 Å². The molecule has 3 atom stereocenters. The Bertz CT molecular complexity index is 442. The van der Waals surface area contributed by atoms with Gasteiger partial charge in [-0.25, -0.2) is 0 Å². The van der Waals surface area contributed by atoms with Gasteiger partial charge >= 0.3 is 0 Å². The molecule has 2 rings (SSSR count). The summed E-state index contributed by atoms with van der Waals surface area (Å²) >= 11 is 0. The van der Waals surface area contributed by atoms with E-state index < -0.39 is 32.7 Å². The van der Waals surface area contributed by atoms with Crippen LogP contribution in [0.1, 0.15) is 26.7 Å². The van der Waals surface area contributed by atoms with Crippen LogP contribution >= 0.6 is 0 Å². The Morgan fingerprint density at radius 1 is 1.50 bits per heavy atom. The zero-order chi connectivity index (χ0) is 12.4. The molecule has 2 bridgehead atoms. The molecule has 3 N–H and O–H groups in total. The van der Waals surface area contributed by atoms with Crippen molar-refractivity contribution in [1.29, 1.82) is 0 Å². The Kier molecular flexibility index (Phi) is 2.29. The number of Topliss-reactive ketones (excluding diaryl/α,β-unsaturated/α-hetero) is 1. The molecule has 0 aromatic rings. The number of hydrogen-bond donors (Lipinski definition) is 2. The summed E-state index contributed by atoms with van der Waals surface area (Å²) in [7, 11) is -4.16. The van der Waals surface area contributed by atoms with Crippen LogP contribution in [0.3, 0.4) is 0 Å². The zero-order valence-corrected chi connectivity index (χ0v) is 10.3. The van der Waals surface area contributed by atoms with Gasteiger partial charge in [-0.1, -0.05) is 13.8 Å². The van der Waals surface area contributed by atoms with Crippen LogP contribution in [0.15, 0.2) is 0 Å². The number of ketones is 1. The first-order valence-electron chi connectivity index (χ1n) is 5.37. The predicted octanol–water partition coefficient (Wildman–Crippen LogP) is 0.207. The van der Waals surface area contributed by atoms with E-state index in [1.807, 2.05) is 13.8 Å². The van der Waals surface area contributed by atoms with Gasteiger partial charge in [0.1, 0.15) is 0 Å². The van der Waals surface area contributed by atoms with Gasteiger partial charge in [-0.05, 0) is 24.2 Å². The third-order valence-corrected chi connectivity index (χ3v) is 5.54. The van der Waals surface area contributed by atoms with Crippen LogP contribution in [0.4, 0.5) is 0 Å². The molecule has 5 nitrogen and oxygen atoms in total. The van der Waals surface area contributed by atoms with Gasteiger partial charge in [0.2, 0.25) is 0 Å². The monoisotopic (exact) mass is 247 g/mol. The van der Waals surface area contributed by atoms with Gasteiger partial charge in [-0.3, -0.25) is 9.35 Å². The lowest BCUT2D eigenvalue weighted by molar-refractivity contribution is -0.129. The van der Waals surface area contributed by atoms with Crippen molar-refractivity contribution < 1.29 is 17.8 Å². The van der Waals surface area contributed by atoms with Crippen LogP contribution in [0.5, 0.6) is 0 Å². The molecule has 0 aliphatic heterocycles. The highest BCUT2D eigenvalue weighted by Crippen LogP contribution is 2.63. The fraction of sp³-hybridized carbons (Fsp3) is 0.900. The summed E-state index contributed by atoms with van der Waals surface area (Å²) in [6.07, 6.45) is 1.27. The third-order valence-electron chi connectivity index (χ3n) is 4.68. The molecular formula is C10H17NO4S. The van der Waals surface area contributed by atoms with Crippen LogP contribution in [0.2, 0.25) is 0 Å². The van der Waals surface area contributed by atoms with Gasteiger partial charge in [0, 0.05) is 0 Å². The normalized spacial score (nSPS) is 41.6. The summed E-state index contributed by atoms with van der Waals surface area (Å²) in [5.74, 6) is -0.663. The highest BCUT2D eigenvalue weighted by Gasteiger charge is 2.68. The Morgan fingerprint density at radius 2 is 2.06 bits per heavy atom. The molecule has 0 heterocycles. The van der Waals surface area contributed by atoms with Crippen LogP contribution in [-0.4, -0.2) is 30.5 Å². The van der Waals surface area contributed by atoms with Crippen molar-refractivity contribution in [2.75, 3.05) is 5.75 Å². The number of carbonyl (C=O) groups excluding carboxylic acids is 1. The Hall–Kier alpha value is -0.460. The second-order valence-corrected chi connectivity index (χ2v) is 7.02. The molecule has 2 fully saturated rings. The molecule has 0 aromatic carbocycles. The van der Waals surface area contributed by atoms with Gasteiger partial charge in [-0.2, -0.15) is 8.42 Å². The highest BCUT2D eigenvalue weighted by atomic mass is 32.2. The smallest absolute Gasteiger partial charge is 0.265 e. The highest BCUT2D eigenvalue weighted by molar-refractivity contribution is 7.85. The SMILES string of the molecule is CC1(C)C2CCC1(CS(=O)(=O)O)C(=O)C2N. The standard InChI is InChI=1S/C10H17NO4S/c1-9(2)6-3-4-10(9,5-16(13,14)15)8(12)7(6)11/h6-7H,3-5,11H2,1-2H3,(H,13,14,15). The molecule has 0 amide bonds. The molecule has 2 aliphatic carbocycles. The maximum absolute atomic E-state index is 12.1. The van der Waals surface area contributed by atoms with E-state index in [0.29, 0.717) is 6.42 Å². The van der Waals surface area contributed by atoms with Crippen LogP contribution in [0, 0.1) is 16.7 Å². The van der Waals surface area contributed by atoms with Crippen molar-refractivity contribution in [2.24, 2.45) is 22.5 Å². The first-order chi connectivity index (χ1) is 7.12. The fourth-order valence-electron chi connectivity index (χ4n) is 3.65. The second kappa shape index (κ2) is 3.05. The minimum atomic E-state index is -4.16. The lowest BCUT2D eigenvalue weighted by Crippen LogP contribution is -2.45. The first kappa shape index (κ1) is 12.0. The molecule has 16 heavy (non-hydrogen) atoms. The van der Waals surface area contributed by atoms with E-state index >= 15 is 0 Å². The van der Waals surface area contributed by atoms with Crippen LogP contribution < -0.4 is 5.73 Å². The minimum Gasteiger partial charge on any atom is -0.321 e. The van der Waals surface area contributed by atoms with Crippen molar-refractivity contribution in [2.45, 2.75) is 32.7 Å². The molecule has 2 aliphatic rings. The lowest BCUT2D eigenvalue weighted by atomic mass is 9.70. The molecule has 2 saturated carbocycles. The topological polar surface area (TPSA) is 97.5 Å². The number of hydrogen-bond acceptors (Lipinski definition) is 4. The lowest BCUT2D eigenvalue weighted by Gasteiger charge is -2.34. The summed E-state index contributed by atoms with van der Waals surface area (Å²) in [5, 5.41) is 0. The van der Waals surface area contributed by atoms with Gasteiger partial charge in [0.05, 0.1) is 17.2 Å². The zero-order valence-electron chi connectivity index (χ0n) is 9.43. The van der Waals surface area contributed by atoms with Crippen LogP contribution in [-0.2, 0) is 14.9 Å². The van der Waals surface area contributed by atoms with Crippen molar-refractivity contribution >= 4 is 15.9 Å². The van der Waals surface area contributed by atoms with E-state index in [1.165, 1.54) is 0 Å². The summed E-state index contributed by atoms with van der Waals surface area (Å²) in [4.78, 5) is 12.1. The van der Waals surface area contributed by atoms with E-state index in [0.717, 1.165) is 6.42 Å². The average Bonchev–Trinajstić information content (AvgIpc) is 2.39. The molecule has 0 aromatic heterocycles. The molecule has 0 radical (unpaired) electrons. The molecule has 0 saturated heterocycles. The summed E-state index contributed by atoms with van der Waals surface area (Å²) in [5.41, 5.74) is 4.39. The minimum absolute atomic E-state index is 0.0294. The summed E-state index contributed by atoms with van der Waals surface area (Å²) < 4.78 is 31.2. The largest absolute Gasteiger partial charge is 0.321 e.